The second-order valence-electron chi connectivity index (χ2n) is 3.18. The number of hydrogen-bond donors (Lipinski definition) is 1. The smallest absolute Gasteiger partial charge is 0.123 e. The van der Waals surface area contributed by atoms with Crippen molar-refractivity contribution in [2.75, 3.05) is 26.3 Å². The predicted molar refractivity (Wildman–Crippen MR) is 80.4 cm³/mol. The number of morpholine rings is 1. The van der Waals surface area contributed by atoms with Gasteiger partial charge >= 0.3 is 0 Å². The molecule has 0 radical (unpaired) electrons. The summed E-state index contributed by atoms with van der Waals surface area (Å²) in [6.07, 6.45) is 0. The number of nitrogens with zero attached hydrogens (tertiary/aromatic N) is 1. The topological polar surface area (TPSA) is 38.5 Å². The highest BCUT2D eigenvalue weighted by atomic mass is 127. The van der Waals surface area contributed by atoms with E-state index in [0.29, 0.717) is 0 Å². The molecule has 0 spiro atoms. The summed E-state index contributed by atoms with van der Waals surface area (Å²) in [5, 5.41) is 4.75. The minimum Gasteiger partial charge on any atom is -0.379 e. The molecule has 1 aliphatic heterocycles. The fourth-order valence-electron chi connectivity index (χ4n) is 1.28. The number of benzene rings is 1. The maximum atomic E-state index is 12.6. The van der Waals surface area contributed by atoms with Crippen molar-refractivity contribution in [2.45, 2.75) is 4.90 Å². The van der Waals surface area contributed by atoms with Crippen molar-refractivity contribution in [3.8, 4) is 0 Å². The number of hydrogen-bond acceptors (Lipinski definition) is 5. The molecule has 7 heteroatoms. The van der Waals surface area contributed by atoms with Gasteiger partial charge in [0.05, 0.1) is 13.2 Å². The third-order valence-corrected chi connectivity index (χ3v) is 3.12. The van der Waals surface area contributed by atoms with Gasteiger partial charge in [-0.1, -0.05) is 0 Å². The van der Waals surface area contributed by atoms with E-state index in [1.165, 1.54) is 21.3 Å². The largest absolute Gasteiger partial charge is 0.379 e. The van der Waals surface area contributed by atoms with E-state index < -0.39 is 0 Å². The van der Waals surface area contributed by atoms with Gasteiger partial charge in [0.2, 0.25) is 0 Å². The molecular formula is C10H14FIN2OS2. The summed E-state index contributed by atoms with van der Waals surface area (Å²) in [7, 11) is 1.22. The Morgan fingerprint density at radius 2 is 1.76 bits per heavy atom. The molecule has 1 fully saturated rings. The Labute approximate surface area is 121 Å². The van der Waals surface area contributed by atoms with Crippen molar-refractivity contribution in [3.63, 3.8) is 0 Å². The average molecular weight is 388 g/mol. The zero-order chi connectivity index (χ0) is 12.5. The number of nitrogens with two attached hydrogens (primary N) is 1. The minimum absolute atomic E-state index is 0.184. The van der Waals surface area contributed by atoms with E-state index in [0.717, 1.165) is 31.2 Å². The first kappa shape index (κ1) is 15.5. The molecule has 0 aliphatic carbocycles. The van der Waals surface area contributed by atoms with Crippen LogP contribution in [0.3, 0.4) is 0 Å². The van der Waals surface area contributed by atoms with Crippen molar-refractivity contribution < 1.29 is 9.13 Å². The van der Waals surface area contributed by atoms with E-state index in [-0.39, 0.29) is 5.82 Å². The highest BCUT2D eigenvalue weighted by Crippen LogP contribution is 2.23. The molecule has 0 aromatic heterocycles. The molecule has 0 unspecified atom stereocenters. The lowest BCUT2D eigenvalue weighted by Crippen LogP contribution is -2.30. The number of ether oxygens (including phenoxy) is 1. The molecule has 1 aromatic rings. The fraction of sp³-hybridized carbons (Fsp3) is 0.400. The van der Waals surface area contributed by atoms with Gasteiger partial charge in [-0.25, -0.2) is 8.70 Å². The van der Waals surface area contributed by atoms with Crippen LogP contribution < -0.4 is 5.14 Å². The molecule has 0 amide bonds. The monoisotopic (exact) mass is 388 g/mol. The van der Waals surface area contributed by atoms with Gasteiger partial charge in [-0.3, -0.25) is 5.14 Å². The van der Waals surface area contributed by atoms with Crippen LogP contribution in [0.15, 0.2) is 29.2 Å². The van der Waals surface area contributed by atoms with Crippen LogP contribution in [-0.4, -0.2) is 30.6 Å². The van der Waals surface area contributed by atoms with Crippen LogP contribution in [-0.2, 0) is 4.74 Å². The van der Waals surface area contributed by atoms with Gasteiger partial charge in [0.1, 0.15) is 5.82 Å². The Bertz CT molecular complexity index is 310. The van der Waals surface area contributed by atoms with Crippen LogP contribution >= 0.6 is 42.3 Å². The first-order valence-electron chi connectivity index (χ1n) is 5.00. The normalized spacial score (nSPS) is 16.2. The van der Waals surface area contributed by atoms with Gasteiger partial charge in [-0.15, -0.1) is 0 Å². The van der Waals surface area contributed by atoms with E-state index >= 15 is 0 Å². The molecule has 2 rings (SSSR count). The third-order valence-electron chi connectivity index (χ3n) is 2.02. The lowest BCUT2D eigenvalue weighted by Gasteiger charge is -2.25. The summed E-state index contributed by atoms with van der Waals surface area (Å²) >= 11 is 3.64. The third kappa shape index (κ3) is 6.82. The van der Waals surface area contributed by atoms with E-state index in [1.807, 2.05) is 21.2 Å². The summed E-state index contributed by atoms with van der Waals surface area (Å²) in [5.41, 5.74) is 0. The zero-order valence-electron chi connectivity index (χ0n) is 9.14. The average Bonchev–Trinajstić information content (AvgIpc) is 2.35. The summed E-state index contributed by atoms with van der Waals surface area (Å²) in [4.78, 5) is 1.08. The van der Waals surface area contributed by atoms with Crippen molar-refractivity contribution in [1.29, 1.82) is 0 Å². The van der Waals surface area contributed by atoms with Crippen molar-refractivity contribution >= 4 is 42.3 Å². The molecule has 1 saturated heterocycles. The molecule has 0 atom stereocenters. The number of rotatable bonds is 2. The van der Waals surface area contributed by atoms with Crippen molar-refractivity contribution in [1.82, 2.24) is 4.31 Å². The Hall–Kier alpha value is 0.460. The summed E-state index contributed by atoms with van der Waals surface area (Å²) in [5.74, 6) is -0.184. The lowest BCUT2D eigenvalue weighted by atomic mass is 10.4. The standard InChI is InChI=1S/C10H12FNOS.H2INS/c11-9-1-3-10(4-2-9)14-12-5-7-13-8-6-12;1-3-2/h1-4H,5-8H2;2H2. The van der Waals surface area contributed by atoms with Gasteiger partial charge in [0.25, 0.3) is 0 Å². The van der Waals surface area contributed by atoms with E-state index in [1.54, 1.807) is 24.1 Å². The second-order valence-corrected chi connectivity index (χ2v) is 6.05. The Morgan fingerprint density at radius 3 is 2.29 bits per heavy atom. The van der Waals surface area contributed by atoms with E-state index in [2.05, 4.69) is 4.31 Å². The molecule has 0 bridgehead atoms. The van der Waals surface area contributed by atoms with Crippen LogP contribution in [0.4, 0.5) is 4.39 Å². The van der Waals surface area contributed by atoms with Crippen molar-refractivity contribution in [2.24, 2.45) is 5.14 Å². The molecule has 0 saturated carbocycles. The molecule has 1 aromatic carbocycles. The maximum absolute atomic E-state index is 12.6. The molecule has 1 aliphatic rings. The molecule has 17 heavy (non-hydrogen) atoms. The van der Waals surface area contributed by atoms with Crippen LogP contribution in [0.2, 0.25) is 0 Å². The molecule has 2 N–H and O–H groups in total. The Morgan fingerprint density at radius 1 is 1.24 bits per heavy atom. The molecular weight excluding hydrogens is 374 g/mol. The van der Waals surface area contributed by atoms with Crippen LogP contribution in [0, 0.1) is 5.82 Å². The second kappa shape index (κ2) is 9.40. The minimum atomic E-state index is -0.184. The zero-order valence-corrected chi connectivity index (χ0v) is 12.9. The van der Waals surface area contributed by atoms with Gasteiger partial charge in [0.15, 0.2) is 0 Å². The molecule has 3 nitrogen and oxygen atoms in total. The lowest BCUT2D eigenvalue weighted by molar-refractivity contribution is 0.0773. The van der Waals surface area contributed by atoms with Gasteiger partial charge in [-0.2, -0.15) is 0 Å². The first-order valence-corrected chi connectivity index (χ1v) is 9.19. The van der Waals surface area contributed by atoms with E-state index in [4.69, 9.17) is 9.88 Å². The quantitative estimate of drug-likeness (QED) is 0.623. The molecule has 1 heterocycles. The molecule has 96 valence electrons. The highest BCUT2D eigenvalue weighted by Gasteiger charge is 2.11. The van der Waals surface area contributed by atoms with Crippen LogP contribution in [0.5, 0.6) is 0 Å². The van der Waals surface area contributed by atoms with Crippen molar-refractivity contribution in [3.05, 3.63) is 30.1 Å². The summed E-state index contributed by atoms with van der Waals surface area (Å²) in [6, 6.07) is 6.58. The fourth-order valence-corrected chi connectivity index (χ4v) is 2.17. The Kier molecular flexibility index (Phi) is 8.58. The number of halogens is 2. The van der Waals surface area contributed by atoms with Gasteiger partial charge in [-0.05, 0) is 45.3 Å². The SMILES string of the molecule is Fc1ccc(SN2CCOCC2)cc1.NSI. The van der Waals surface area contributed by atoms with Crippen LogP contribution in [0.1, 0.15) is 0 Å². The maximum Gasteiger partial charge on any atom is 0.123 e. The van der Waals surface area contributed by atoms with Gasteiger partial charge in [0, 0.05) is 39.2 Å². The predicted octanol–water partition coefficient (Wildman–Crippen LogP) is 3.11. The first-order chi connectivity index (χ1) is 8.26. The highest BCUT2D eigenvalue weighted by molar-refractivity contribution is 14.2. The van der Waals surface area contributed by atoms with Gasteiger partial charge < -0.3 is 4.74 Å². The van der Waals surface area contributed by atoms with E-state index in [9.17, 15) is 4.39 Å². The van der Waals surface area contributed by atoms with Crippen LogP contribution in [0.25, 0.3) is 0 Å². The summed E-state index contributed by atoms with van der Waals surface area (Å²) < 4.78 is 20.1. The summed E-state index contributed by atoms with van der Waals surface area (Å²) in [6.45, 7) is 3.44. The Balaban J connectivity index is 0.000000437.